The van der Waals surface area contributed by atoms with Gasteiger partial charge in [-0.15, -0.1) is 22.7 Å². The fourth-order valence-electron chi connectivity index (χ4n) is 7.22. The van der Waals surface area contributed by atoms with E-state index < -0.39 is 0 Å². The first-order valence-corrected chi connectivity index (χ1v) is 17.9. The number of nitrogens with two attached hydrogens (primary N) is 1. The number of fused-ring (bicyclic) bond motifs is 6. The molecule has 6 saturated heterocycles. The van der Waals surface area contributed by atoms with E-state index in [0.717, 1.165) is 34.2 Å². The van der Waals surface area contributed by atoms with Crippen LogP contribution in [0.25, 0.3) is 21.1 Å². The zero-order valence-electron chi connectivity index (χ0n) is 26.2. The third-order valence-corrected chi connectivity index (χ3v) is 11.9. The first-order chi connectivity index (χ1) is 22.4. The molecular weight excluding hydrogens is 615 g/mol. The van der Waals surface area contributed by atoms with Gasteiger partial charge in [0.25, 0.3) is 11.8 Å². The van der Waals surface area contributed by atoms with E-state index in [1.807, 2.05) is 36.4 Å². The van der Waals surface area contributed by atoms with Gasteiger partial charge in [-0.05, 0) is 88.8 Å². The van der Waals surface area contributed by atoms with Gasteiger partial charge in [0.2, 0.25) is 0 Å². The van der Waals surface area contributed by atoms with E-state index in [-0.39, 0.29) is 17.9 Å². The first-order valence-electron chi connectivity index (χ1n) is 16.3. The van der Waals surface area contributed by atoms with E-state index in [1.165, 1.54) is 80.1 Å². The summed E-state index contributed by atoms with van der Waals surface area (Å²) in [7, 11) is 0. The minimum atomic E-state index is -0.0120. The number of para-hydroxylation sites is 1. The van der Waals surface area contributed by atoms with Crippen molar-refractivity contribution in [1.29, 1.82) is 0 Å². The molecule has 8 heterocycles. The van der Waals surface area contributed by atoms with Crippen LogP contribution in [-0.4, -0.2) is 82.9 Å². The van der Waals surface area contributed by atoms with Crippen molar-refractivity contribution in [1.82, 2.24) is 30.4 Å². The van der Waals surface area contributed by atoms with Gasteiger partial charge < -0.3 is 26.2 Å². The highest BCUT2D eigenvalue weighted by atomic mass is 32.1. The van der Waals surface area contributed by atoms with E-state index >= 15 is 0 Å². The average molecular weight is 656 g/mol. The summed E-state index contributed by atoms with van der Waals surface area (Å²) in [5.41, 5.74) is 9.85. The highest BCUT2D eigenvalue weighted by Gasteiger charge is 2.36. The number of nitrogen functional groups attached to an aromatic ring is 1. The van der Waals surface area contributed by atoms with Gasteiger partial charge in [-0.1, -0.05) is 35.9 Å². The summed E-state index contributed by atoms with van der Waals surface area (Å²) in [5.74, 6) is 1.29. The molecule has 9 nitrogen and oxygen atoms in total. The number of piperidine rings is 6. The Hall–Kier alpha value is -3.64. The van der Waals surface area contributed by atoms with Crippen LogP contribution in [0.1, 0.15) is 50.6 Å². The zero-order chi connectivity index (χ0) is 31.6. The molecule has 0 spiro atoms. The summed E-state index contributed by atoms with van der Waals surface area (Å²) in [4.78, 5) is 40.1. The van der Waals surface area contributed by atoms with Crippen molar-refractivity contribution in [2.75, 3.05) is 45.0 Å². The fraction of sp³-hybridized carbons (Fsp3) is 0.429. The predicted octanol–water partition coefficient (Wildman–Crippen LogP) is 5.16. The number of hydrogen-bond donors (Lipinski definition) is 3. The van der Waals surface area contributed by atoms with Gasteiger partial charge in [-0.25, -0.2) is 9.97 Å². The van der Waals surface area contributed by atoms with Crippen molar-refractivity contribution in [2.24, 2.45) is 11.8 Å². The number of thiazole rings is 2. The molecule has 2 aromatic carbocycles. The van der Waals surface area contributed by atoms with E-state index in [2.05, 4.69) is 49.5 Å². The van der Waals surface area contributed by atoms with Crippen molar-refractivity contribution in [2.45, 2.75) is 44.7 Å². The molecule has 4 aromatic rings. The second-order valence-corrected chi connectivity index (χ2v) is 15.0. The number of hydrogen-bond acceptors (Lipinski definition) is 9. The quantitative estimate of drug-likeness (QED) is 0.246. The summed E-state index contributed by atoms with van der Waals surface area (Å²) in [6.45, 7) is 8.78. The van der Waals surface area contributed by atoms with Crippen molar-refractivity contribution < 1.29 is 9.59 Å². The lowest BCUT2D eigenvalue weighted by molar-refractivity contribution is 0.0619. The van der Waals surface area contributed by atoms with Gasteiger partial charge in [0.15, 0.2) is 0 Å². The summed E-state index contributed by atoms with van der Waals surface area (Å²) in [5, 5.41) is 8.14. The van der Waals surface area contributed by atoms with E-state index in [1.54, 1.807) is 12.4 Å². The van der Waals surface area contributed by atoms with E-state index in [4.69, 9.17) is 5.73 Å². The van der Waals surface area contributed by atoms with E-state index in [0.29, 0.717) is 33.3 Å². The number of aryl methyl sites for hydroxylation is 1. The number of rotatable bonds is 6. The van der Waals surface area contributed by atoms with Crippen LogP contribution in [0.3, 0.4) is 0 Å². The third kappa shape index (κ3) is 6.88. The molecule has 46 heavy (non-hydrogen) atoms. The molecule has 6 aliphatic heterocycles. The fourth-order valence-corrected chi connectivity index (χ4v) is 8.90. The molecule has 2 atom stereocenters. The van der Waals surface area contributed by atoms with Crippen LogP contribution in [0.15, 0.2) is 60.9 Å². The molecule has 240 valence electrons. The van der Waals surface area contributed by atoms with Crippen molar-refractivity contribution in [3.05, 3.63) is 76.2 Å². The summed E-state index contributed by atoms with van der Waals surface area (Å²) >= 11 is 2.87. The third-order valence-electron chi connectivity index (χ3n) is 9.86. The molecule has 0 aliphatic carbocycles. The molecule has 2 amide bonds. The topological polar surface area (TPSA) is 116 Å². The zero-order valence-corrected chi connectivity index (χ0v) is 27.8. The molecule has 0 unspecified atom stereocenters. The standard InChI is InChI=1S/C18H21N3OS.C17H20N4OS/c1-12-3-2-4-14(9-12)18-19-10-16(23-18)17(22)20-15-11-21-7-5-13(15)6-8-21;18-13-4-2-1-3-12(13)17-19-9-15(23-17)16(22)20-14-10-21-7-5-11(14)6-8-21/h2-4,9-10,13,15H,5-8,11H2,1H3,(H,20,22);1-4,9,11,14H,5-8,10,18H2,(H,20,22)/t15-;14-/m00/s1. The Balaban J connectivity index is 0.000000147. The maximum atomic E-state index is 12.5. The Bertz CT molecular complexity index is 1690. The van der Waals surface area contributed by atoms with E-state index in [9.17, 15) is 9.59 Å². The second kappa shape index (κ2) is 13.6. The van der Waals surface area contributed by atoms with Gasteiger partial charge in [0.05, 0.1) is 12.4 Å². The number of aromatic nitrogens is 2. The lowest BCUT2D eigenvalue weighted by Crippen LogP contribution is -2.57. The smallest absolute Gasteiger partial charge is 0.263 e. The van der Waals surface area contributed by atoms with Crippen molar-refractivity contribution in [3.63, 3.8) is 0 Å². The Morgan fingerprint density at radius 2 is 1.30 bits per heavy atom. The molecule has 4 N–H and O–H groups in total. The van der Waals surface area contributed by atoms with Crippen LogP contribution in [0.5, 0.6) is 0 Å². The second-order valence-electron chi connectivity index (χ2n) is 13.0. The maximum absolute atomic E-state index is 12.5. The average Bonchev–Trinajstić information content (AvgIpc) is 3.78. The molecule has 0 radical (unpaired) electrons. The van der Waals surface area contributed by atoms with Crippen LogP contribution in [0, 0.1) is 18.8 Å². The molecule has 11 heteroatoms. The number of carbonyl (C=O) groups excluding carboxylic acids is 2. The van der Waals surface area contributed by atoms with Gasteiger partial charge >= 0.3 is 0 Å². The number of amides is 2. The Morgan fingerprint density at radius 3 is 1.83 bits per heavy atom. The Morgan fingerprint density at radius 1 is 0.761 bits per heavy atom. The van der Waals surface area contributed by atoms with Crippen LogP contribution in [-0.2, 0) is 0 Å². The molecular formula is C35H41N7O2S2. The lowest BCUT2D eigenvalue weighted by atomic mass is 9.84. The van der Waals surface area contributed by atoms with Crippen LogP contribution in [0.4, 0.5) is 5.69 Å². The number of carbonyl (C=O) groups is 2. The normalized spacial score (nSPS) is 26.2. The lowest BCUT2D eigenvalue weighted by Gasteiger charge is -2.44. The highest BCUT2D eigenvalue weighted by Crippen LogP contribution is 2.32. The minimum Gasteiger partial charge on any atom is -0.398 e. The summed E-state index contributed by atoms with van der Waals surface area (Å²) in [6.07, 6.45) is 8.17. The maximum Gasteiger partial charge on any atom is 0.263 e. The summed E-state index contributed by atoms with van der Waals surface area (Å²) < 4.78 is 0. The van der Waals surface area contributed by atoms with Crippen molar-refractivity contribution >= 4 is 40.2 Å². The largest absolute Gasteiger partial charge is 0.398 e. The van der Waals surface area contributed by atoms with Crippen LogP contribution >= 0.6 is 22.7 Å². The molecule has 6 aliphatic rings. The highest BCUT2D eigenvalue weighted by molar-refractivity contribution is 7.17. The Labute approximate surface area is 278 Å². The number of benzene rings is 2. The van der Waals surface area contributed by atoms with Crippen molar-refractivity contribution in [3.8, 4) is 21.1 Å². The molecule has 4 bridgehead atoms. The molecule has 6 fully saturated rings. The van der Waals surface area contributed by atoms with Gasteiger partial charge in [0.1, 0.15) is 19.8 Å². The minimum absolute atomic E-state index is 0.0120. The molecule has 2 aromatic heterocycles. The first kappa shape index (κ1) is 31.0. The van der Waals surface area contributed by atoms with Gasteiger partial charge in [0, 0.05) is 42.0 Å². The Kier molecular flexibility index (Phi) is 9.17. The predicted molar refractivity (Wildman–Crippen MR) is 185 cm³/mol. The summed E-state index contributed by atoms with van der Waals surface area (Å²) in [6, 6.07) is 16.4. The van der Waals surface area contributed by atoms with Crippen LogP contribution in [0.2, 0.25) is 0 Å². The number of anilines is 1. The molecule has 10 rings (SSSR count). The van der Waals surface area contributed by atoms with Crippen LogP contribution < -0.4 is 16.4 Å². The molecule has 0 saturated carbocycles. The van der Waals surface area contributed by atoms with Gasteiger partial charge in [-0.2, -0.15) is 0 Å². The monoisotopic (exact) mass is 655 g/mol. The number of nitrogens with zero attached hydrogens (tertiary/aromatic N) is 4. The number of nitrogens with one attached hydrogen (secondary N) is 2. The SMILES string of the molecule is Cc1cccc(-c2ncc(C(=O)N[C@H]3CN4CCC3CC4)s2)c1.Nc1ccccc1-c1ncc(C(=O)N[C@H]2CN3CCC2CC3)s1. The van der Waals surface area contributed by atoms with Gasteiger partial charge in [-0.3, -0.25) is 9.59 Å².